The number of hydrogen-bond acceptors (Lipinski definition) is 3. The first-order valence-electron chi connectivity index (χ1n) is 11.2. The van der Waals surface area contributed by atoms with Crippen LogP contribution in [-0.4, -0.2) is 73.8 Å². The van der Waals surface area contributed by atoms with Gasteiger partial charge in [0.15, 0.2) is 5.96 Å². The fourth-order valence-electron chi connectivity index (χ4n) is 5.11. The second-order valence-corrected chi connectivity index (χ2v) is 8.54. The number of aliphatic imine (C=N–C) groups is 1. The maximum Gasteiger partial charge on any atom is 0.194 e. The summed E-state index contributed by atoms with van der Waals surface area (Å²) in [4.78, 5) is 10.4. The monoisotopic (exact) mass is 512 g/mol. The molecule has 162 valence electrons. The summed E-state index contributed by atoms with van der Waals surface area (Å²) in [6, 6.07) is 10.9. The molecule has 0 bridgehead atoms. The van der Waals surface area contributed by atoms with E-state index in [9.17, 15) is 0 Å². The minimum Gasteiger partial charge on any atom is -0.381 e. The van der Waals surface area contributed by atoms with Gasteiger partial charge in [-0.1, -0.05) is 30.3 Å². The van der Waals surface area contributed by atoms with Crippen molar-refractivity contribution in [3.63, 3.8) is 0 Å². The molecule has 3 aliphatic rings. The molecule has 4 rings (SSSR count). The second kappa shape index (κ2) is 11.0. The van der Waals surface area contributed by atoms with Crippen LogP contribution in [0, 0.1) is 0 Å². The fourth-order valence-corrected chi connectivity index (χ4v) is 5.11. The van der Waals surface area contributed by atoms with Crippen molar-refractivity contribution in [3.8, 4) is 0 Å². The highest BCUT2D eigenvalue weighted by atomic mass is 127. The normalized spacial score (nSPS) is 25.1. The Hall–Kier alpha value is -0.860. The second-order valence-electron chi connectivity index (χ2n) is 8.54. The predicted octanol–water partition coefficient (Wildman–Crippen LogP) is 3.70. The molecule has 3 aliphatic heterocycles. The van der Waals surface area contributed by atoms with Crippen LogP contribution in [0.5, 0.6) is 0 Å². The van der Waals surface area contributed by atoms with Gasteiger partial charge in [-0.05, 0) is 57.7 Å². The first-order chi connectivity index (χ1) is 13.8. The van der Waals surface area contributed by atoms with Crippen LogP contribution in [0.1, 0.15) is 50.5 Å². The van der Waals surface area contributed by atoms with Crippen LogP contribution in [0.4, 0.5) is 0 Å². The Labute approximate surface area is 193 Å². The van der Waals surface area contributed by atoms with Crippen LogP contribution in [0.2, 0.25) is 0 Å². The van der Waals surface area contributed by atoms with Crippen molar-refractivity contribution in [2.45, 2.75) is 50.5 Å². The lowest BCUT2D eigenvalue weighted by Gasteiger charge is -2.43. The van der Waals surface area contributed by atoms with Gasteiger partial charge in [0.1, 0.15) is 0 Å². The third-order valence-electron chi connectivity index (χ3n) is 6.82. The van der Waals surface area contributed by atoms with Crippen molar-refractivity contribution in [3.05, 3.63) is 35.9 Å². The van der Waals surface area contributed by atoms with Gasteiger partial charge in [-0.3, -0.25) is 9.89 Å². The van der Waals surface area contributed by atoms with Gasteiger partial charge in [0.2, 0.25) is 0 Å². The van der Waals surface area contributed by atoms with E-state index in [1.54, 1.807) is 0 Å². The van der Waals surface area contributed by atoms with Crippen LogP contribution >= 0.6 is 24.0 Å². The Balaban J connectivity index is 0.00000240. The van der Waals surface area contributed by atoms with Gasteiger partial charge in [0, 0.05) is 44.3 Å². The highest BCUT2D eigenvalue weighted by molar-refractivity contribution is 14.0. The zero-order chi connectivity index (χ0) is 19.2. The van der Waals surface area contributed by atoms with E-state index in [1.165, 1.54) is 37.9 Å². The van der Waals surface area contributed by atoms with Gasteiger partial charge in [-0.2, -0.15) is 0 Å². The Morgan fingerprint density at radius 1 is 1.14 bits per heavy atom. The minimum absolute atomic E-state index is 0. The molecule has 3 saturated heterocycles. The molecule has 0 spiro atoms. The summed E-state index contributed by atoms with van der Waals surface area (Å²) >= 11 is 0. The Bertz CT molecular complexity index is 642. The van der Waals surface area contributed by atoms with Gasteiger partial charge >= 0.3 is 0 Å². The van der Waals surface area contributed by atoms with E-state index in [2.05, 4.69) is 52.4 Å². The van der Waals surface area contributed by atoms with Gasteiger partial charge in [-0.15, -0.1) is 24.0 Å². The molecule has 0 aromatic heterocycles. The minimum atomic E-state index is 0. The first kappa shape index (κ1) is 22.8. The Morgan fingerprint density at radius 2 is 1.86 bits per heavy atom. The number of likely N-dealkylation sites (tertiary alicyclic amines) is 2. The smallest absolute Gasteiger partial charge is 0.194 e. The van der Waals surface area contributed by atoms with Crippen LogP contribution < -0.4 is 5.32 Å². The number of ether oxygens (including phenoxy) is 1. The summed E-state index contributed by atoms with van der Waals surface area (Å²) in [5.74, 6) is 1.71. The topological polar surface area (TPSA) is 40.1 Å². The van der Waals surface area contributed by atoms with Gasteiger partial charge in [0.05, 0.1) is 6.54 Å². The van der Waals surface area contributed by atoms with Crippen molar-refractivity contribution in [1.82, 2.24) is 15.1 Å². The van der Waals surface area contributed by atoms with Crippen molar-refractivity contribution < 1.29 is 4.74 Å². The van der Waals surface area contributed by atoms with Crippen LogP contribution in [0.3, 0.4) is 0 Å². The Morgan fingerprint density at radius 3 is 2.55 bits per heavy atom. The van der Waals surface area contributed by atoms with E-state index in [4.69, 9.17) is 9.73 Å². The van der Waals surface area contributed by atoms with Gasteiger partial charge < -0.3 is 15.0 Å². The van der Waals surface area contributed by atoms with Crippen LogP contribution in [0.25, 0.3) is 0 Å². The number of benzene rings is 1. The number of nitrogens with one attached hydrogen (secondary N) is 1. The number of halogens is 1. The lowest BCUT2D eigenvalue weighted by atomic mass is 9.88. The van der Waals surface area contributed by atoms with E-state index < -0.39 is 0 Å². The standard InChI is InChI=1S/C23H36N4O.HI/c1-2-24-22(26-15-10-21(18-26)20-8-4-3-5-9-20)25-19-23(11-16-28-17-12-23)27-13-6-7-14-27;/h3-5,8-9,21H,2,6-7,10-19H2,1H3,(H,24,25);1H. The summed E-state index contributed by atoms with van der Waals surface area (Å²) in [6.45, 7) is 10.4. The maximum atomic E-state index is 5.70. The number of nitrogens with zero attached hydrogens (tertiary/aromatic N) is 3. The molecule has 3 heterocycles. The Kier molecular flexibility index (Phi) is 8.62. The molecule has 0 aliphatic carbocycles. The predicted molar refractivity (Wildman–Crippen MR) is 130 cm³/mol. The highest BCUT2D eigenvalue weighted by Gasteiger charge is 2.40. The summed E-state index contributed by atoms with van der Waals surface area (Å²) in [5.41, 5.74) is 1.66. The van der Waals surface area contributed by atoms with Crippen molar-refractivity contribution in [2.24, 2.45) is 4.99 Å². The quantitative estimate of drug-likeness (QED) is 0.371. The molecule has 29 heavy (non-hydrogen) atoms. The molecule has 0 saturated carbocycles. The zero-order valence-electron chi connectivity index (χ0n) is 17.8. The van der Waals surface area contributed by atoms with E-state index in [0.29, 0.717) is 5.92 Å². The molecule has 1 aromatic carbocycles. The molecular formula is C23H37IN4O. The molecule has 6 heteroatoms. The molecule has 1 aromatic rings. The average molecular weight is 512 g/mol. The van der Waals surface area contributed by atoms with Crippen molar-refractivity contribution in [1.29, 1.82) is 0 Å². The van der Waals surface area contributed by atoms with Gasteiger partial charge in [-0.25, -0.2) is 0 Å². The maximum absolute atomic E-state index is 5.70. The largest absolute Gasteiger partial charge is 0.381 e. The number of rotatable bonds is 5. The molecule has 1 N–H and O–H groups in total. The van der Waals surface area contributed by atoms with E-state index in [1.807, 2.05) is 0 Å². The summed E-state index contributed by atoms with van der Waals surface area (Å²) in [7, 11) is 0. The van der Waals surface area contributed by atoms with Crippen LogP contribution in [0.15, 0.2) is 35.3 Å². The highest BCUT2D eigenvalue weighted by Crippen LogP contribution is 2.32. The summed E-state index contributed by atoms with van der Waals surface area (Å²) < 4.78 is 5.70. The molecule has 1 unspecified atom stereocenters. The average Bonchev–Trinajstić information content (AvgIpc) is 3.45. The number of hydrogen-bond donors (Lipinski definition) is 1. The third kappa shape index (κ3) is 5.44. The zero-order valence-corrected chi connectivity index (χ0v) is 20.1. The third-order valence-corrected chi connectivity index (χ3v) is 6.82. The van der Waals surface area contributed by atoms with Crippen LogP contribution in [-0.2, 0) is 4.74 Å². The SMILES string of the molecule is CCNC(=NCC1(N2CCCC2)CCOCC1)N1CCC(c2ccccc2)C1.I. The van der Waals surface area contributed by atoms with Crippen molar-refractivity contribution in [2.75, 3.05) is 52.5 Å². The summed E-state index contributed by atoms with van der Waals surface area (Å²) in [6.07, 6.45) is 6.10. The molecule has 0 radical (unpaired) electrons. The van der Waals surface area contributed by atoms with Crippen molar-refractivity contribution >= 4 is 29.9 Å². The number of guanidine groups is 1. The lowest BCUT2D eigenvalue weighted by molar-refractivity contribution is -0.0139. The molecule has 3 fully saturated rings. The summed E-state index contributed by atoms with van der Waals surface area (Å²) in [5, 5.41) is 3.57. The molecule has 1 atom stereocenters. The molecule has 5 nitrogen and oxygen atoms in total. The van der Waals surface area contributed by atoms with E-state index >= 15 is 0 Å². The van der Waals surface area contributed by atoms with E-state index in [0.717, 1.165) is 58.2 Å². The molecular weight excluding hydrogens is 475 g/mol. The first-order valence-corrected chi connectivity index (χ1v) is 11.2. The van der Waals surface area contributed by atoms with E-state index in [-0.39, 0.29) is 29.5 Å². The fraction of sp³-hybridized carbons (Fsp3) is 0.696. The van der Waals surface area contributed by atoms with Gasteiger partial charge in [0.25, 0.3) is 0 Å². The lowest BCUT2D eigenvalue weighted by Crippen LogP contribution is -2.54. The molecule has 0 amide bonds.